The summed E-state index contributed by atoms with van der Waals surface area (Å²) < 4.78 is 5.28. The number of rotatable bonds is 4. The number of amides is 1. The number of hydrogen-bond donors (Lipinski definition) is 0. The average molecular weight is 376 g/mol. The molecule has 0 atom stereocenters. The van der Waals surface area contributed by atoms with Gasteiger partial charge in [0.05, 0.1) is 12.7 Å². The van der Waals surface area contributed by atoms with Crippen molar-refractivity contribution >= 4 is 33.4 Å². The molecular formula is C15H20BrClN2O2. The van der Waals surface area contributed by atoms with E-state index in [0.29, 0.717) is 16.3 Å². The fourth-order valence-electron chi connectivity index (χ4n) is 2.53. The molecule has 0 bridgehead atoms. The van der Waals surface area contributed by atoms with Gasteiger partial charge in [-0.15, -0.1) is 0 Å². The molecule has 1 aliphatic heterocycles. The standard InChI is InChI=1S/C15H20BrClN2O2/c1-21-14-4-3-12(17)11-13(14)15(20)19-7-2-6-18(8-5-16)9-10-19/h3-4,11H,2,5-10H2,1H3. The van der Waals surface area contributed by atoms with Gasteiger partial charge in [-0.25, -0.2) is 0 Å². The number of carbonyl (C=O) groups excluding carboxylic acids is 1. The van der Waals surface area contributed by atoms with Gasteiger partial charge in [0, 0.05) is 36.5 Å². The zero-order valence-corrected chi connectivity index (χ0v) is 14.5. The third kappa shape index (κ3) is 4.34. The fourth-order valence-corrected chi connectivity index (χ4v) is 3.21. The number of ether oxygens (including phenoxy) is 1. The second kappa shape index (κ2) is 8.01. The van der Waals surface area contributed by atoms with Crippen LogP contribution in [0.1, 0.15) is 16.8 Å². The van der Waals surface area contributed by atoms with Crippen molar-refractivity contribution in [3.63, 3.8) is 0 Å². The summed E-state index contributed by atoms with van der Waals surface area (Å²) in [5, 5.41) is 1.51. The highest BCUT2D eigenvalue weighted by atomic mass is 79.9. The topological polar surface area (TPSA) is 32.8 Å². The largest absolute Gasteiger partial charge is 0.496 e. The minimum atomic E-state index is -0.00459. The van der Waals surface area contributed by atoms with Crippen molar-refractivity contribution in [3.8, 4) is 5.75 Å². The van der Waals surface area contributed by atoms with Crippen molar-refractivity contribution < 1.29 is 9.53 Å². The molecule has 1 heterocycles. The first-order valence-electron chi connectivity index (χ1n) is 7.07. The molecule has 1 aliphatic rings. The van der Waals surface area contributed by atoms with Gasteiger partial charge in [-0.1, -0.05) is 27.5 Å². The second-order valence-electron chi connectivity index (χ2n) is 5.02. The summed E-state index contributed by atoms with van der Waals surface area (Å²) in [7, 11) is 1.57. The van der Waals surface area contributed by atoms with E-state index in [1.54, 1.807) is 25.3 Å². The van der Waals surface area contributed by atoms with E-state index in [2.05, 4.69) is 20.8 Å². The maximum absolute atomic E-state index is 12.7. The zero-order valence-electron chi connectivity index (χ0n) is 12.1. The maximum Gasteiger partial charge on any atom is 0.257 e. The molecule has 0 unspecified atom stereocenters. The van der Waals surface area contributed by atoms with E-state index in [1.165, 1.54) is 0 Å². The first-order valence-corrected chi connectivity index (χ1v) is 8.56. The second-order valence-corrected chi connectivity index (χ2v) is 6.25. The maximum atomic E-state index is 12.7. The van der Waals surface area contributed by atoms with Gasteiger partial charge in [-0.2, -0.15) is 0 Å². The van der Waals surface area contributed by atoms with Crippen LogP contribution in [-0.2, 0) is 0 Å². The summed E-state index contributed by atoms with van der Waals surface area (Å²) in [6.45, 7) is 4.46. The van der Waals surface area contributed by atoms with Crippen LogP contribution in [0.2, 0.25) is 5.02 Å². The van der Waals surface area contributed by atoms with E-state index >= 15 is 0 Å². The summed E-state index contributed by atoms with van der Waals surface area (Å²) in [4.78, 5) is 17.0. The third-order valence-electron chi connectivity index (χ3n) is 3.67. The van der Waals surface area contributed by atoms with Gasteiger partial charge in [-0.3, -0.25) is 4.79 Å². The monoisotopic (exact) mass is 374 g/mol. The minimum absolute atomic E-state index is 0.00459. The molecule has 6 heteroatoms. The van der Waals surface area contributed by atoms with Crippen LogP contribution in [0.15, 0.2) is 18.2 Å². The normalized spacial score (nSPS) is 16.6. The molecule has 0 aromatic heterocycles. The molecule has 0 N–H and O–H groups in total. The lowest BCUT2D eigenvalue weighted by Gasteiger charge is -2.22. The van der Waals surface area contributed by atoms with Gasteiger partial charge < -0.3 is 14.5 Å². The van der Waals surface area contributed by atoms with Gasteiger partial charge >= 0.3 is 0 Å². The first-order chi connectivity index (χ1) is 10.2. The summed E-state index contributed by atoms with van der Waals surface area (Å²) in [5.41, 5.74) is 0.541. The SMILES string of the molecule is COc1ccc(Cl)cc1C(=O)N1CCCN(CCBr)CC1. The smallest absolute Gasteiger partial charge is 0.257 e. The molecule has 21 heavy (non-hydrogen) atoms. The Labute approximate surface area is 139 Å². The molecule has 0 saturated carbocycles. The molecule has 4 nitrogen and oxygen atoms in total. The Kier molecular flexibility index (Phi) is 6.33. The Morgan fingerprint density at radius 1 is 1.33 bits per heavy atom. The summed E-state index contributed by atoms with van der Waals surface area (Å²) in [6, 6.07) is 5.16. The Morgan fingerprint density at radius 3 is 2.86 bits per heavy atom. The molecule has 1 amide bonds. The van der Waals surface area contributed by atoms with Crippen LogP contribution in [0.25, 0.3) is 0 Å². The van der Waals surface area contributed by atoms with Gasteiger partial charge in [0.2, 0.25) is 0 Å². The summed E-state index contributed by atoms with van der Waals surface area (Å²) in [6.07, 6.45) is 0.988. The molecule has 0 spiro atoms. The predicted octanol–water partition coefficient (Wildman–Crippen LogP) is 2.89. The van der Waals surface area contributed by atoms with Gasteiger partial charge in [0.15, 0.2) is 0 Å². The van der Waals surface area contributed by atoms with Crippen molar-refractivity contribution in [1.82, 2.24) is 9.80 Å². The first kappa shape index (κ1) is 16.6. The molecule has 1 aromatic rings. The molecule has 1 saturated heterocycles. The van der Waals surface area contributed by atoms with Crippen LogP contribution in [0.5, 0.6) is 5.75 Å². The minimum Gasteiger partial charge on any atom is -0.496 e. The predicted molar refractivity (Wildman–Crippen MR) is 88.8 cm³/mol. The van der Waals surface area contributed by atoms with Crippen molar-refractivity contribution in [2.45, 2.75) is 6.42 Å². The van der Waals surface area contributed by atoms with Crippen LogP contribution in [0, 0.1) is 0 Å². The number of nitrogens with zero attached hydrogens (tertiary/aromatic N) is 2. The molecular weight excluding hydrogens is 356 g/mol. The van der Waals surface area contributed by atoms with Gasteiger partial charge in [0.1, 0.15) is 5.75 Å². The highest BCUT2D eigenvalue weighted by Crippen LogP contribution is 2.24. The Morgan fingerprint density at radius 2 is 2.14 bits per heavy atom. The molecule has 2 rings (SSSR count). The van der Waals surface area contributed by atoms with Gasteiger partial charge in [-0.05, 0) is 31.2 Å². The van der Waals surface area contributed by atoms with Crippen LogP contribution in [-0.4, -0.2) is 60.9 Å². The molecule has 1 aromatic carbocycles. The van der Waals surface area contributed by atoms with E-state index in [1.807, 2.05) is 4.90 Å². The molecule has 1 fully saturated rings. The Bertz CT molecular complexity index is 499. The van der Waals surface area contributed by atoms with Crippen LogP contribution >= 0.6 is 27.5 Å². The zero-order chi connectivity index (χ0) is 15.2. The molecule has 0 aliphatic carbocycles. The van der Waals surface area contributed by atoms with Crippen LogP contribution < -0.4 is 4.74 Å². The number of methoxy groups -OCH3 is 1. The highest BCUT2D eigenvalue weighted by Gasteiger charge is 2.22. The van der Waals surface area contributed by atoms with E-state index in [9.17, 15) is 4.79 Å². The molecule has 0 radical (unpaired) electrons. The highest BCUT2D eigenvalue weighted by molar-refractivity contribution is 9.09. The number of hydrogen-bond acceptors (Lipinski definition) is 3. The molecule has 116 valence electrons. The lowest BCUT2D eigenvalue weighted by atomic mass is 10.1. The summed E-state index contributed by atoms with van der Waals surface area (Å²) >= 11 is 9.48. The number of halogens is 2. The van der Waals surface area contributed by atoms with Crippen molar-refractivity contribution in [3.05, 3.63) is 28.8 Å². The number of carbonyl (C=O) groups is 1. The van der Waals surface area contributed by atoms with Crippen molar-refractivity contribution in [1.29, 1.82) is 0 Å². The number of benzene rings is 1. The van der Waals surface area contributed by atoms with Crippen molar-refractivity contribution in [2.24, 2.45) is 0 Å². The fraction of sp³-hybridized carbons (Fsp3) is 0.533. The van der Waals surface area contributed by atoms with E-state index in [0.717, 1.165) is 44.5 Å². The number of alkyl halides is 1. The van der Waals surface area contributed by atoms with Crippen LogP contribution in [0.3, 0.4) is 0 Å². The Balaban J connectivity index is 2.11. The van der Waals surface area contributed by atoms with E-state index < -0.39 is 0 Å². The van der Waals surface area contributed by atoms with E-state index in [-0.39, 0.29) is 5.91 Å². The van der Waals surface area contributed by atoms with E-state index in [4.69, 9.17) is 16.3 Å². The van der Waals surface area contributed by atoms with Crippen LogP contribution in [0.4, 0.5) is 0 Å². The van der Waals surface area contributed by atoms with Gasteiger partial charge in [0.25, 0.3) is 5.91 Å². The average Bonchev–Trinajstić information content (AvgIpc) is 2.72. The quantitative estimate of drug-likeness (QED) is 0.759. The summed E-state index contributed by atoms with van der Waals surface area (Å²) in [5.74, 6) is 0.570. The lowest BCUT2D eigenvalue weighted by Crippen LogP contribution is -2.35. The van der Waals surface area contributed by atoms with Crippen molar-refractivity contribution in [2.75, 3.05) is 45.2 Å². The Hall–Kier alpha value is -0.780. The third-order valence-corrected chi connectivity index (χ3v) is 4.26. The lowest BCUT2D eigenvalue weighted by molar-refractivity contribution is 0.0758.